The summed E-state index contributed by atoms with van der Waals surface area (Å²) < 4.78 is 10.6. The number of fused-ring (bicyclic) bond motifs is 1. The zero-order valence-electron chi connectivity index (χ0n) is 15.4. The molecule has 27 heavy (non-hydrogen) atoms. The summed E-state index contributed by atoms with van der Waals surface area (Å²) in [6, 6.07) is 3.18. The molecule has 2 fully saturated rings. The van der Waals surface area contributed by atoms with E-state index >= 15 is 0 Å². The Hall–Kier alpha value is -1.99. The maximum absolute atomic E-state index is 13.3. The minimum absolute atomic E-state index is 0.0355. The van der Waals surface area contributed by atoms with Crippen LogP contribution in [0.5, 0.6) is 11.5 Å². The number of halogens is 1. The molecule has 1 aromatic carbocycles. The number of nitrogens with zero attached hydrogens (tertiary/aromatic N) is 2. The third-order valence-electron chi connectivity index (χ3n) is 5.70. The van der Waals surface area contributed by atoms with Gasteiger partial charge in [0.25, 0.3) is 5.91 Å². The number of hydrogen-bond acceptors (Lipinski definition) is 5. The standard InChI is InChI=1S/C19H24ClN3O4/c1-22-6-8-23(9-7-22)18(25)19(4-2-3-5-19)21-17(24)13-10-14(20)16-15(11-13)26-12-27-16/h10-11H,2-9,12H2,1H3,(H,21,24). The average molecular weight is 394 g/mol. The van der Waals surface area contributed by atoms with Crippen molar-refractivity contribution < 1.29 is 19.1 Å². The molecule has 4 rings (SSSR count). The molecular formula is C19H24ClN3O4. The van der Waals surface area contributed by atoms with E-state index in [1.165, 1.54) is 0 Å². The zero-order chi connectivity index (χ0) is 19.0. The minimum atomic E-state index is -0.824. The number of carbonyl (C=O) groups excluding carboxylic acids is 2. The van der Waals surface area contributed by atoms with Crippen LogP contribution in [0.3, 0.4) is 0 Å². The number of nitrogens with one attached hydrogen (secondary N) is 1. The molecule has 0 radical (unpaired) electrons. The third kappa shape index (κ3) is 3.46. The summed E-state index contributed by atoms with van der Waals surface area (Å²) in [4.78, 5) is 30.3. The minimum Gasteiger partial charge on any atom is -0.454 e. The van der Waals surface area contributed by atoms with E-state index in [2.05, 4.69) is 17.3 Å². The highest BCUT2D eigenvalue weighted by molar-refractivity contribution is 6.32. The maximum atomic E-state index is 13.3. The van der Waals surface area contributed by atoms with Gasteiger partial charge in [-0.1, -0.05) is 24.4 Å². The highest BCUT2D eigenvalue weighted by Crippen LogP contribution is 2.40. The molecule has 3 aliphatic rings. The van der Waals surface area contributed by atoms with Gasteiger partial charge in [-0.25, -0.2) is 0 Å². The molecule has 8 heteroatoms. The Morgan fingerprint density at radius 2 is 1.81 bits per heavy atom. The second-order valence-corrected chi connectivity index (χ2v) is 7.94. The largest absolute Gasteiger partial charge is 0.454 e. The first-order chi connectivity index (χ1) is 13.0. The Morgan fingerprint density at radius 1 is 1.11 bits per heavy atom. The van der Waals surface area contributed by atoms with E-state index in [1.54, 1.807) is 12.1 Å². The molecule has 0 spiro atoms. The summed E-state index contributed by atoms with van der Waals surface area (Å²) >= 11 is 6.20. The molecule has 1 aliphatic carbocycles. The van der Waals surface area contributed by atoms with E-state index in [0.717, 1.165) is 25.9 Å². The van der Waals surface area contributed by atoms with Crippen molar-refractivity contribution >= 4 is 23.4 Å². The van der Waals surface area contributed by atoms with Crippen molar-refractivity contribution in [3.8, 4) is 11.5 Å². The number of rotatable bonds is 3. The van der Waals surface area contributed by atoms with E-state index in [1.807, 2.05) is 4.90 Å². The molecule has 0 aromatic heterocycles. The molecule has 2 amide bonds. The molecule has 0 bridgehead atoms. The van der Waals surface area contributed by atoms with Gasteiger partial charge in [-0.05, 0) is 32.0 Å². The van der Waals surface area contributed by atoms with Crippen molar-refractivity contribution in [1.82, 2.24) is 15.1 Å². The van der Waals surface area contributed by atoms with Crippen LogP contribution in [0.4, 0.5) is 0 Å². The number of carbonyl (C=O) groups is 2. The summed E-state index contributed by atoms with van der Waals surface area (Å²) in [5.74, 6) is 0.642. The van der Waals surface area contributed by atoms with Gasteiger partial charge in [0, 0.05) is 31.7 Å². The van der Waals surface area contributed by atoms with E-state index in [0.29, 0.717) is 48.0 Å². The van der Waals surface area contributed by atoms with Crippen molar-refractivity contribution in [3.05, 3.63) is 22.7 Å². The van der Waals surface area contributed by atoms with Crippen molar-refractivity contribution in [2.75, 3.05) is 40.0 Å². The number of piperazine rings is 1. The van der Waals surface area contributed by atoms with Crippen LogP contribution in [0.15, 0.2) is 12.1 Å². The van der Waals surface area contributed by atoms with Crippen molar-refractivity contribution in [2.24, 2.45) is 0 Å². The van der Waals surface area contributed by atoms with Gasteiger partial charge in [-0.15, -0.1) is 0 Å². The van der Waals surface area contributed by atoms with Crippen LogP contribution in [-0.2, 0) is 4.79 Å². The number of amides is 2. The van der Waals surface area contributed by atoms with Crippen LogP contribution in [0.2, 0.25) is 5.02 Å². The average Bonchev–Trinajstić information content (AvgIpc) is 3.32. The molecule has 1 aromatic rings. The molecule has 1 N–H and O–H groups in total. The molecule has 1 saturated carbocycles. The fourth-order valence-electron chi connectivity index (χ4n) is 4.07. The summed E-state index contributed by atoms with van der Waals surface area (Å²) in [6.07, 6.45) is 3.20. The molecule has 7 nitrogen and oxygen atoms in total. The van der Waals surface area contributed by atoms with Gasteiger partial charge in [0.15, 0.2) is 11.5 Å². The van der Waals surface area contributed by atoms with Crippen LogP contribution in [0, 0.1) is 0 Å². The fourth-order valence-corrected chi connectivity index (χ4v) is 4.34. The lowest BCUT2D eigenvalue weighted by atomic mass is 9.94. The summed E-state index contributed by atoms with van der Waals surface area (Å²) in [5.41, 5.74) is -0.447. The molecule has 0 unspecified atom stereocenters. The fraction of sp³-hybridized carbons (Fsp3) is 0.579. The molecule has 1 saturated heterocycles. The number of hydrogen-bond donors (Lipinski definition) is 1. The third-order valence-corrected chi connectivity index (χ3v) is 5.98. The first-order valence-corrected chi connectivity index (χ1v) is 9.76. The van der Waals surface area contributed by atoms with Gasteiger partial charge in [0.1, 0.15) is 5.54 Å². The molecule has 2 heterocycles. The number of benzene rings is 1. The van der Waals surface area contributed by atoms with Crippen molar-refractivity contribution in [1.29, 1.82) is 0 Å². The first kappa shape index (κ1) is 18.4. The smallest absolute Gasteiger partial charge is 0.252 e. The lowest BCUT2D eigenvalue weighted by molar-refractivity contribution is -0.139. The first-order valence-electron chi connectivity index (χ1n) is 9.38. The second kappa shape index (κ2) is 7.20. The second-order valence-electron chi connectivity index (χ2n) is 7.53. The van der Waals surface area contributed by atoms with Crippen molar-refractivity contribution in [2.45, 2.75) is 31.2 Å². The lowest BCUT2D eigenvalue weighted by Crippen LogP contribution is -2.61. The van der Waals surface area contributed by atoms with E-state index in [-0.39, 0.29) is 18.6 Å². The van der Waals surface area contributed by atoms with E-state index in [4.69, 9.17) is 21.1 Å². The van der Waals surface area contributed by atoms with Crippen LogP contribution >= 0.6 is 11.6 Å². The van der Waals surface area contributed by atoms with Gasteiger partial charge in [0.2, 0.25) is 12.7 Å². The Kier molecular flexibility index (Phi) is 4.90. The normalized spacial score (nSPS) is 21.3. The van der Waals surface area contributed by atoms with E-state index in [9.17, 15) is 9.59 Å². The summed E-state index contributed by atoms with van der Waals surface area (Å²) in [7, 11) is 2.05. The Morgan fingerprint density at radius 3 is 2.52 bits per heavy atom. The SMILES string of the molecule is CN1CCN(C(=O)C2(NC(=O)c3cc(Cl)c4c(c3)OCO4)CCCC2)CC1. The van der Waals surface area contributed by atoms with Gasteiger partial charge < -0.3 is 24.6 Å². The maximum Gasteiger partial charge on any atom is 0.252 e. The van der Waals surface area contributed by atoms with Crippen molar-refractivity contribution in [3.63, 3.8) is 0 Å². The summed E-state index contributed by atoms with van der Waals surface area (Å²) in [6.45, 7) is 3.19. The molecule has 2 aliphatic heterocycles. The van der Waals surface area contributed by atoms with Gasteiger partial charge in [-0.2, -0.15) is 0 Å². The van der Waals surface area contributed by atoms with Gasteiger partial charge in [-0.3, -0.25) is 9.59 Å². The van der Waals surface area contributed by atoms with Crippen LogP contribution in [0.1, 0.15) is 36.0 Å². The topological polar surface area (TPSA) is 71.1 Å². The Labute approximate surface area is 163 Å². The molecule has 146 valence electrons. The summed E-state index contributed by atoms with van der Waals surface area (Å²) in [5, 5.41) is 3.37. The highest BCUT2D eigenvalue weighted by atomic mass is 35.5. The predicted octanol–water partition coefficient (Wildman–Crippen LogP) is 1.89. The number of ether oxygens (including phenoxy) is 2. The monoisotopic (exact) mass is 393 g/mol. The molecule has 0 atom stereocenters. The van der Waals surface area contributed by atoms with Gasteiger partial charge >= 0.3 is 0 Å². The Bertz CT molecular complexity index is 756. The number of likely N-dealkylation sites (N-methyl/N-ethyl adjacent to an activating group) is 1. The van der Waals surface area contributed by atoms with Crippen LogP contribution in [0.25, 0.3) is 0 Å². The zero-order valence-corrected chi connectivity index (χ0v) is 16.2. The van der Waals surface area contributed by atoms with Gasteiger partial charge in [0.05, 0.1) is 5.02 Å². The van der Waals surface area contributed by atoms with Crippen LogP contribution < -0.4 is 14.8 Å². The quantitative estimate of drug-likeness (QED) is 0.849. The lowest BCUT2D eigenvalue weighted by Gasteiger charge is -2.39. The van der Waals surface area contributed by atoms with Crippen LogP contribution in [-0.4, -0.2) is 67.2 Å². The Balaban J connectivity index is 1.54. The highest BCUT2D eigenvalue weighted by Gasteiger charge is 2.45. The predicted molar refractivity (Wildman–Crippen MR) is 100 cm³/mol. The molecular weight excluding hydrogens is 370 g/mol. The van der Waals surface area contributed by atoms with E-state index < -0.39 is 5.54 Å².